The Balaban J connectivity index is 1.36. The summed E-state index contributed by atoms with van der Waals surface area (Å²) in [5.74, 6) is 2.67. The predicted octanol–water partition coefficient (Wildman–Crippen LogP) is 5.56. The highest BCUT2D eigenvalue weighted by Gasteiger charge is 2.31. The molecule has 1 N–H and O–H groups in total. The van der Waals surface area contributed by atoms with Gasteiger partial charge in [-0.2, -0.15) is 0 Å². The summed E-state index contributed by atoms with van der Waals surface area (Å²) in [7, 11) is 3.26. The summed E-state index contributed by atoms with van der Waals surface area (Å²) in [6.45, 7) is 0. The molecule has 0 radical (unpaired) electrons. The van der Waals surface area contributed by atoms with Crippen LogP contribution in [0.1, 0.15) is 16.7 Å². The van der Waals surface area contributed by atoms with Crippen molar-refractivity contribution < 1.29 is 23.8 Å². The highest BCUT2D eigenvalue weighted by Crippen LogP contribution is 2.27. The lowest BCUT2D eigenvalue weighted by atomic mass is 10.1. The minimum Gasteiger partial charge on any atom is -0.497 e. The molecule has 7 heteroatoms. The summed E-state index contributed by atoms with van der Waals surface area (Å²) >= 11 is 1.03. The van der Waals surface area contributed by atoms with Gasteiger partial charge in [0.15, 0.2) is 0 Å². The molecular weight excluding hydrogens is 438 g/mol. The Labute approximate surface area is 196 Å². The van der Waals surface area contributed by atoms with E-state index in [1.165, 1.54) is 0 Å². The number of carbonyl (C=O) groups excluding carboxylic acids is 2. The van der Waals surface area contributed by atoms with Crippen LogP contribution in [0.3, 0.4) is 0 Å². The van der Waals surface area contributed by atoms with E-state index in [4.69, 9.17) is 14.2 Å². The van der Waals surface area contributed by atoms with Crippen molar-refractivity contribution in [3.05, 3.63) is 83.4 Å². The number of benzene rings is 3. The quantitative estimate of drug-likeness (QED) is 0.443. The van der Waals surface area contributed by atoms with Gasteiger partial charge in [0, 0.05) is 6.07 Å². The van der Waals surface area contributed by atoms with E-state index in [1.54, 1.807) is 14.2 Å². The molecule has 0 spiro atoms. The van der Waals surface area contributed by atoms with Crippen LogP contribution in [-0.4, -0.2) is 30.6 Å². The summed E-state index contributed by atoms with van der Waals surface area (Å²) in [5, 5.41) is 1.65. The van der Waals surface area contributed by atoms with Gasteiger partial charge in [0.25, 0.3) is 5.24 Å². The molecule has 3 aromatic rings. The van der Waals surface area contributed by atoms with Crippen molar-refractivity contribution >= 4 is 35.1 Å². The normalized spacial score (nSPS) is 15.5. The molecule has 0 aliphatic carbocycles. The Kier molecular flexibility index (Phi) is 7.00. The van der Waals surface area contributed by atoms with E-state index in [2.05, 4.69) is 5.32 Å². The first-order valence-corrected chi connectivity index (χ1v) is 11.2. The molecule has 33 heavy (non-hydrogen) atoms. The molecule has 1 fully saturated rings. The summed E-state index contributed by atoms with van der Waals surface area (Å²) in [5.41, 5.74) is 2.98. The Morgan fingerprint density at radius 1 is 0.788 bits per heavy atom. The van der Waals surface area contributed by atoms with Crippen LogP contribution in [0.15, 0.2) is 66.7 Å². The third-order valence-electron chi connectivity index (χ3n) is 5.07. The Morgan fingerprint density at radius 3 is 1.91 bits per heavy atom. The van der Waals surface area contributed by atoms with Crippen molar-refractivity contribution in [2.45, 2.75) is 11.7 Å². The Morgan fingerprint density at radius 2 is 1.36 bits per heavy atom. The molecule has 0 saturated carbocycles. The van der Waals surface area contributed by atoms with Gasteiger partial charge >= 0.3 is 0 Å². The number of ether oxygens (including phenoxy) is 3. The van der Waals surface area contributed by atoms with Crippen LogP contribution in [0, 0.1) is 0 Å². The number of rotatable bonds is 8. The molecule has 1 heterocycles. The summed E-state index contributed by atoms with van der Waals surface area (Å²) in [6, 6.07) is 21.0. The average molecular weight is 462 g/mol. The monoisotopic (exact) mass is 461 g/mol. The first-order valence-electron chi connectivity index (χ1n) is 10.3. The van der Waals surface area contributed by atoms with Gasteiger partial charge in [-0.3, -0.25) is 14.9 Å². The van der Waals surface area contributed by atoms with Crippen LogP contribution in [0.5, 0.6) is 23.0 Å². The number of thioether (sulfide) groups is 1. The molecule has 1 saturated heterocycles. The lowest BCUT2D eigenvalue weighted by Gasteiger charge is -2.09. The maximum Gasteiger partial charge on any atom is 0.286 e. The highest BCUT2D eigenvalue weighted by molar-refractivity contribution is 8.15. The van der Waals surface area contributed by atoms with E-state index < -0.39 is 0 Å². The van der Waals surface area contributed by atoms with Crippen LogP contribution in [0.4, 0.5) is 4.79 Å². The third-order valence-corrected chi connectivity index (χ3v) is 6.05. The van der Waals surface area contributed by atoms with Crippen molar-refractivity contribution in [3.8, 4) is 23.0 Å². The number of amides is 2. The number of imide groups is 1. The molecular formula is C26H23NO5S. The van der Waals surface area contributed by atoms with Crippen LogP contribution in [0.2, 0.25) is 0 Å². The SMILES string of the molecule is COc1cc(C=Cc2ccc(Oc3ccc(CC4SC(=O)NC4=O)cc3)cc2)cc(OC)c1. The lowest BCUT2D eigenvalue weighted by Crippen LogP contribution is -2.25. The van der Waals surface area contributed by atoms with Gasteiger partial charge < -0.3 is 14.2 Å². The first-order chi connectivity index (χ1) is 16.0. The molecule has 1 atom stereocenters. The van der Waals surface area contributed by atoms with Crippen molar-refractivity contribution in [1.82, 2.24) is 5.32 Å². The number of carbonyl (C=O) groups is 2. The second-order valence-corrected chi connectivity index (χ2v) is 8.56. The van der Waals surface area contributed by atoms with Gasteiger partial charge in [-0.1, -0.05) is 48.2 Å². The van der Waals surface area contributed by atoms with E-state index in [1.807, 2.05) is 78.9 Å². The molecule has 3 aromatic carbocycles. The zero-order valence-corrected chi connectivity index (χ0v) is 19.1. The van der Waals surface area contributed by atoms with Crippen molar-refractivity contribution in [3.63, 3.8) is 0 Å². The Bertz CT molecular complexity index is 1150. The molecule has 1 aliphatic heterocycles. The molecule has 1 aliphatic rings. The molecule has 2 amide bonds. The smallest absolute Gasteiger partial charge is 0.286 e. The molecule has 0 bridgehead atoms. The largest absolute Gasteiger partial charge is 0.497 e. The molecule has 4 rings (SSSR count). The van der Waals surface area contributed by atoms with Gasteiger partial charge in [0.2, 0.25) is 5.91 Å². The van der Waals surface area contributed by atoms with Crippen LogP contribution < -0.4 is 19.5 Å². The average Bonchev–Trinajstić information content (AvgIpc) is 3.15. The van der Waals surface area contributed by atoms with Crippen LogP contribution in [-0.2, 0) is 11.2 Å². The van der Waals surface area contributed by atoms with E-state index in [0.29, 0.717) is 12.2 Å². The van der Waals surface area contributed by atoms with Gasteiger partial charge in [0.05, 0.1) is 19.5 Å². The molecule has 6 nitrogen and oxygen atoms in total. The first kappa shape index (κ1) is 22.5. The predicted molar refractivity (Wildman–Crippen MR) is 130 cm³/mol. The number of hydrogen-bond donors (Lipinski definition) is 1. The lowest BCUT2D eigenvalue weighted by molar-refractivity contribution is -0.118. The second-order valence-electron chi connectivity index (χ2n) is 7.38. The van der Waals surface area contributed by atoms with E-state index in [0.717, 1.165) is 45.7 Å². The number of methoxy groups -OCH3 is 2. The number of nitrogens with one attached hydrogen (secondary N) is 1. The number of hydrogen-bond acceptors (Lipinski definition) is 6. The minimum atomic E-state index is -0.372. The standard InChI is InChI=1S/C26H23NO5S/c1-30-22-13-19(14-23(16-22)31-2)4-3-17-5-9-20(10-6-17)32-21-11-7-18(8-12-21)15-24-25(28)27-26(29)33-24/h3-14,16,24H,15H2,1-2H3,(H,27,28,29). The van der Waals surface area contributed by atoms with Crippen molar-refractivity contribution in [2.24, 2.45) is 0 Å². The topological polar surface area (TPSA) is 73.9 Å². The maximum atomic E-state index is 11.7. The second kappa shape index (κ2) is 10.3. The minimum absolute atomic E-state index is 0.231. The van der Waals surface area contributed by atoms with Crippen LogP contribution >= 0.6 is 11.8 Å². The fourth-order valence-corrected chi connectivity index (χ4v) is 4.20. The zero-order chi connectivity index (χ0) is 23.2. The molecule has 0 aromatic heterocycles. The van der Waals surface area contributed by atoms with E-state index >= 15 is 0 Å². The van der Waals surface area contributed by atoms with Gasteiger partial charge in [-0.15, -0.1) is 0 Å². The zero-order valence-electron chi connectivity index (χ0n) is 18.2. The van der Waals surface area contributed by atoms with Gasteiger partial charge in [-0.05, 0) is 59.5 Å². The maximum absolute atomic E-state index is 11.7. The van der Waals surface area contributed by atoms with Crippen molar-refractivity contribution in [1.29, 1.82) is 0 Å². The molecule has 168 valence electrons. The molecule has 1 unspecified atom stereocenters. The van der Waals surface area contributed by atoms with Gasteiger partial charge in [-0.25, -0.2) is 0 Å². The highest BCUT2D eigenvalue weighted by atomic mass is 32.2. The summed E-state index contributed by atoms with van der Waals surface area (Å²) in [6.07, 6.45) is 4.51. The fourth-order valence-electron chi connectivity index (χ4n) is 3.34. The fraction of sp³-hybridized carbons (Fsp3) is 0.154. The van der Waals surface area contributed by atoms with Crippen molar-refractivity contribution in [2.75, 3.05) is 14.2 Å². The van der Waals surface area contributed by atoms with E-state index in [-0.39, 0.29) is 16.4 Å². The Hall–Kier alpha value is -3.71. The third kappa shape index (κ3) is 5.96. The van der Waals surface area contributed by atoms with E-state index in [9.17, 15) is 9.59 Å². The van der Waals surface area contributed by atoms with Crippen LogP contribution in [0.25, 0.3) is 12.2 Å². The summed E-state index contributed by atoms with van der Waals surface area (Å²) in [4.78, 5) is 23.0. The summed E-state index contributed by atoms with van der Waals surface area (Å²) < 4.78 is 16.5. The van der Waals surface area contributed by atoms with Gasteiger partial charge in [0.1, 0.15) is 23.0 Å².